The van der Waals surface area contributed by atoms with Gasteiger partial charge in [-0.25, -0.2) is 0 Å². The van der Waals surface area contributed by atoms with Gasteiger partial charge in [-0.1, -0.05) is 25.0 Å². The van der Waals surface area contributed by atoms with E-state index in [1.165, 1.54) is 4.90 Å². The molecule has 1 aliphatic carbocycles. The van der Waals surface area contributed by atoms with Gasteiger partial charge < -0.3 is 5.32 Å². The summed E-state index contributed by atoms with van der Waals surface area (Å²) in [5.41, 5.74) is 1.55. The fourth-order valence-electron chi connectivity index (χ4n) is 4.30. The van der Waals surface area contributed by atoms with Gasteiger partial charge >= 0.3 is 0 Å². The van der Waals surface area contributed by atoms with Crippen LogP contribution in [0, 0.1) is 22.5 Å². The monoisotopic (exact) mass is 419 g/mol. The molecule has 0 bridgehead atoms. The predicted molar refractivity (Wildman–Crippen MR) is 114 cm³/mol. The van der Waals surface area contributed by atoms with Crippen LogP contribution in [-0.4, -0.2) is 29.2 Å². The lowest BCUT2D eigenvalue weighted by atomic mass is 9.78. The van der Waals surface area contributed by atoms with Gasteiger partial charge in [-0.05, 0) is 66.9 Å². The third-order valence-corrected chi connectivity index (χ3v) is 6.43. The summed E-state index contributed by atoms with van der Waals surface area (Å²) in [7, 11) is 0. The number of nitrogens with one attached hydrogen (secondary N) is 1. The topological polar surface area (TPSA) is 90.3 Å². The SMILES string of the molecule is N#CSc1ccc(NC(=O)C2CCCCC2CN2C(=O)c3ccccc3C2=O)cc1. The van der Waals surface area contributed by atoms with Crippen molar-refractivity contribution in [1.82, 2.24) is 4.90 Å². The quantitative estimate of drug-likeness (QED) is 0.443. The minimum Gasteiger partial charge on any atom is -0.326 e. The minimum absolute atomic E-state index is 0.0608. The highest BCUT2D eigenvalue weighted by Crippen LogP contribution is 2.34. The molecule has 2 unspecified atom stereocenters. The highest BCUT2D eigenvalue weighted by atomic mass is 32.2. The molecule has 0 saturated heterocycles. The number of thiocyanates is 1. The average molecular weight is 420 g/mol. The number of anilines is 1. The summed E-state index contributed by atoms with van der Waals surface area (Å²) in [6, 6.07) is 14.0. The third-order valence-electron chi connectivity index (χ3n) is 5.83. The van der Waals surface area contributed by atoms with E-state index in [4.69, 9.17) is 5.26 Å². The lowest BCUT2D eigenvalue weighted by Crippen LogP contribution is -2.41. The Bertz CT molecular complexity index is 994. The number of nitrogens with zero attached hydrogens (tertiary/aromatic N) is 2. The van der Waals surface area contributed by atoms with E-state index in [9.17, 15) is 14.4 Å². The number of thioether (sulfide) groups is 1. The first-order chi connectivity index (χ1) is 14.6. The van der Waals surface area contributed by atoms with Crippen LogP contribution in [0.25, 0.3) is 0 Å². The number of hydrogen-bond donors (Lipinski definition) is 1. The van der Waals surface area contributed by atoms with Crippen LogP contribution >= 0.6 is 11.8 Å². The van der Waals surface area contributed by atoms with Crippen LogP contribution in [0.5, 0.6) is 0 Å². The molecule has 152 valence electrons. The molecule has 2 aromatic rings. The number of amides is 3. The molecule has 4 rings (SSSR count). The smallest absolute Gasteiger partial charge is 0.261 e. The Morgan fingerprint density at radius 2 is 1.67 bits per heavy atom. The van der Waals surface area contributed by atoms with Gasteiger partial charge in [-0.2, -0.15) is 5.26 Å². The summed E-state index contributed by atoms with van der Waals surface area (Å²) < 4.78 is 0. The Morgan fingerprint density at radius 3 is 2.30 bits per heavy atom. The minimum atomic E-state index is -0.272. The molecule has 1 heterocycles. The first-order valence-corrected chi connectivity index (χ1v) is 10.8. The van der Waals surface area contributed by atoms with Crippen molar-refractivity contribution < 1.29 is 14.4 Å². The maximum absolute atomic E-state index is 13.0. The van der Waals surface area contributed by atoms with E-state index in [1.807, 2.05) is 5.40 Å². The maximum atomic E-state index is 13.0. The summed E-state index contributed by atoms with van der Waals surface area (Å²) in [4.78, 5) is 40.5. The molecule has 30 heavy (non-hydrogen) atoms. The zero-order valence-electron chi connectivity index (χ0n) is 16.3. The highest BCUT2D eigenvalue weighted by Gasteiger charge is 2.40. The van der Waals surface area contributed by atoms with Crippen LogP contribution in [0.15, 0.2) is 53.4 Å². The van der Waals surface area contributed by atoms with Crippen molar-refractivity contribution in [3.05, 3.63) is 59.7 Å². The summed E-state index contributed by atoms with van der Waals surface area (Å²) in [6.45, 7) is 0.266. The molecule has 1 saturated carbocycles. The molecule has 2 atom stereocenters. The first-order valence-electron chi connectivity index (χ1n) is 10.0. The number of carbonyl (C=O) groups excluding carboxylic acids is 3. The van der Waals surface area contributed by atoms with Crippen LogP contribution < -0.4 is 5.32 Å². The van der Waals surface area contributed by atoms with Gasteiger partial charge in [0, 0.05) is 23.0 Å². The van der Waals surface area contributed by atoms with Crippen LogP contribution in [-0.2, 0) is 4.79 Å². The molecule has 7 heteroatoms. The van der Waals surface area contributed by atoms with E-state index < -0.39 is 0 Å². The van der Waals surface area contributed by atoms with Crippen molar-refractivity contribution in [2.24, 2.45) is 11.8 Å². The molecular weight excluding hydrogens is 398 g/mol. The van der Waals surface area contributed by atoms with Gasteiger partial charge in [0.1, 0.15) is 5.40 Å². The van der Waals surface area contributed by atoms with Crippen molar-refractivity contribution in [3.8, 4) is 5.40 Å². The Morgan fingerprint density at radius 1 is 1.03 bits per heavy atom. The summed E-state index contributed by atoms with van der Waals surface area (Å²) >= 11 is 1.07. The molecule has 2 aliphatic rings. The van der Waals surface area contributed by atoms with E-state index in [0.29, 0.717) is 16.8 Å². The van der Waals surface area contributed by atoms with E-state index in [-0.39, 0.29) is 36.1 Å². The summed E-state index contributed by atoms with van der Waals surface area (Å²) in [5.74, 6) is -0.945. The zero-order valence-corrected chi connectivity index (χ0v) is 17.2. The zero-order chi connectivity index (χ0) is 21.1. The lowest BCUT2D eigenvalue weighted by Gasteiger charge is -2.32. The Hall–Kier alpha value is -3.11. The number of fused-ring (bicyclic) bond motifs is 1. The molecule has 0 aromatic heterocycles. The van der Waals surface area contributed by atoms with E-state index >= 15 is 0 Å². The molecule has 6 nitrogen and oxygen atoms in total. The standard InChI is InChI=1S/C23H21N3O3S/c24-14-30-17-11-9-16(10-12-17)25-21(27)18-6-2-1-5-15(18)13-26-22(28)19-7-3-4-8-20(19)23(26)29/h3-4,7-12,15,18H,1-2,5-6,13H2,(H,25,27). The molecule has 0 spiro atoms. The van der Waals surface area contributed by atoms with Crippen LogP contribution in [0.2, 0.25) is 0 Å². The van der Waals surface area contributed by atoms with Crippen molar-refractivity contribution in [3.63, 3.8) is 0 Å². The van der Waals surface area contributed by atoms with Crippen molar-refractivity contribution in [2.75, 3.05) is 11.9 Å². The van der Waals surface area contributed by atoms with Crippen molar-refractivity contribution in [1.29, 1.82) is 5.26 Å². The second-order valence-corrected chi connectivity index (χ2v) is 8.48. The molecule has 1 N–H and O–H groups in total. The second-order valence-electron chi connectivity index (χ2n) is 7.62. The van der Waals surface area contributed by atoms with Gasteiger partial charge in [0.2, 0.25) is 5.91 Å². The van der Waals surface area contributed by atoms with Gasteiger partial charge in [0.25, 0.3) is 11.8 Å². The molecule has 2 aromatic carbocycles. The van der Waals surface area contributed by atoms with E-state index in [1.54, 1.807) is 48.5 Å². The fraction of sp³-hybridized carbons (Fsp3) is 0.304. The lowest BCUT2D eigenvalue weighted by molar-refractivity contribution is -0.122. The number of carbonyl (C=O) groups is 3. The average Bonchev–Trinajstić information content (AvgIpc) is 3.01. The summed E-state index contributed by atoms with van der Waals surface area (Å²) in [5, 5.41) is 13.7. The number of benzene rings is 2. The summed E-state index contributed by atoms with van der Waals surface area (Å²) in [6.07, 6.45) is 3.48. The van der Waals surface area contributed by atoms with E-state index in [0.717, 1.165) is 42.3 Å². The molecule has 1 fully saturated rings. The normalized spacial score (nSPS) is 20.6. The Kier molecular flexibility index (Phi) is 5.86. The maximum Gasteiger partial charge on any atom is 0.261 e. The van der Waals surface area contributed by atoms with Gasteiger partial charge in [0.05, 0.1) is 11.1 Å². The van der Waals surface area contributed by atoms with Crippen LogP contribution in [0.3, 0.4) is 0 Å². The van der Waals surface area contributed by atoms with E-state index in [2.05, 4.69) is 5.32 Å². The van der Waals surface area contributed by atoms with Gasteiger partial charge in [-0.3, -0.25) is 19.3 Å². The molecule has 1 aliphatic heterocycles. The van der Waals surface area contributed by atoms with Crippen LogP contribution in [0.4, 0.5) is 5.69 Å². The Labute approximate surface area is 179 Å². The highest BCUT2D eigenvalue weighted by molar-refractivity contribution is 8.03. The Balaban J connectivity index is 1.45. The first kappa shape index (κ1) is 20.2. The third kappa shape index (κ3) is 3.96. The molecule has 3 amide bonds. The van der Waals surface area contributed by atoms with Gasteiger partial charge in [0.15, 0.2) is 0 Å². The van der Waals surface area contributed by atoms with Crippen LogP contribution in [0.1, 0.15) is 46.4 Å². The number of imide groups is 1. The number of rotatable bonds is 5. The fourth-order valence-corrected chi connectivity index (χ4v) is 4.68. The molecule has 0 radical (unpaired) electrons. The number of nitriles is 1. The van der Waals surface area contributed by atoms with Gasteiger partial charge in [-0.15, -0.1) is 0 Å². The largest absolute Gasteiger partial charge is 0.326 e. The number of hydrogen-bond acceptors (Lipinski definition) is 5. The second kappa shape index (κ2) is 8.72. The molecular formula is C23H21N3O3S. The van der Waals surface area contributed by atoms with Crippen molar-refractivity contribution >= 4 is 35.2 Å². The van der Waals surface area contributed by atoms with Crippen molar-refractivity contribution in [2.45, 2.75) is 30.6 Å². The predicted octanol–water partition coefficient (Wildman–Crippen LogP) is 4.30.